The van der Waals surface area contributed by atoms with Gasteiger partial charge in [0.15, 0.2) is 0 Å². The minimum Gasteiger partial charge on any atom is -0.483 e. The molecule has 0 bridgehead atoms. The molecule has 0 aromatic heterocycles. The van der Waals surface area contributed by atoms with Gasteiger partial charge in [-0.2, -0.15) is 5.48 Å². The number of amides is 5. The van der Waals surface area contributed by atoms with E-state index in [9.17, 15) is 24.0 Å². The Morgan fingerprint density at radius 2 is 0.967 bits per heavy atom. The van der Waals surface area contributed by atoms with E-state index >= 15 is 0 Å². The maximum Gasteiger partial charge on any atom is 0.421 e. The molecular formula is C45H50N6O8Rf2-2. The summed E-state index contributed by atoms with van der Waals surface area (Å²) < 4.78 is 9.45. The first-order chi connectivity index (χ1) is 28.8. The maximum absolute atomic E-state index is 13.0. The summed E-state index contributed by atoms with van der Waals surface area (Å²) >= 11 is 0. The summed E-state index contributed by atoms with van der Waals surface area (Å²) in [5, 5.41) is 11.0. The van der Waals surface area contributed by atoms with Gasteiger partial charge in [-0.25, -0.2) is 14.4 Å². The van der Waals surface area contributed by atoms with Crippen LogP contribution in [0.15, 0.2) is 0 Å². The van der Waals surface area contributed by atoms with Gasteiger partial charge in [0.05, 0.1) is 0 Å². The number of unbranched alkanes of at least 4 members (excludes halogenated alkanes) is 8. The van der Waals surface area contributed by atoms with Crippen molar-refractivity contribution < 1.29 is 38.3 Å². The first-order valence-corrected chi connectivity index (χ1v) is 18.9. The molecule has 0 aromatic carbocycles. The van der Waals surface area contributed by atoms with Crippen LogP contribution in [0.4, 0.5) is 14.4 Å². The van der Waals surface area contributed by atoms with E-state index in [0.29, 0.717) is 65.0 Å². The fourth-order valence-corrected chi connectivity index (χ4v) is 4.18. The number of nitrogens with one attached hydrogen (secondary N) is 5. The number of urea groups is 1. The summed E-state index contributed by atoms with van der Waals surface area (Å²) in [4.78, 5) is 66.2. The largest absolute Gasteiger partial charge is 0.483 e. The molecule has 0 aliphatic rings. The first kappa shape index (κ1) is 56.1. The molecule has 0 radical (unpaired) electrons. The van der Waals surface area contributed by atoms with Crippen molar-refractivity contribution in [3.05, 3.63) is 13.8 Å². The van der Waals surface area contributed by atoms with Crippen LogP contribution in [-0.4, -0.2) is 87.4 Å². The van der Waals surface area contributed by atoms with Crippen LogP contribution >= 0.6 is 0 Å². The smallest absolute Gasteiger partial charge is 0.421 e. The average molecular weight is 1340 g/mol. The van der Waals surface area contributed by atoms with Gasteiger partial charge in [-0.15, -0.1) is 6.42 Å². The molecule has 0 rings (SSSR count). The summed E-state index contributed by atoms with van der Waals surface area (Å²) in [6.07, 6.45) is 14.4. The molecule has 0 unspecified atom stereocenters. The molecule has 0 aliphatic heterocycles. The van der Waals surface area contributed by atoms with Crippen molar-refractivity contribution in [2.45, 2.75) is 77.0 Å². The van der Waals surface area contributed by atoms with Crippen molar-refractivity contribution in [3.63, 3.8) is 0 Å². The van der Waals surface area contributed by atoms with Gasteiger partial charge in [-0.05, 0) is 92.5 Å². The Labute approximate surface area is 349 Å². The van der Waals surface area contributed by atoms with Crippen LogP contribution in [0.5, 0.6) is 0 Å². The van der Waals surface area contributed by atoms with Gasteiger partial charge in [0, 0.05) is 86.6 Å². The third kappa shape index (κ3) is 40.2. The van der Waals surface area contributed by atoms with Gasteiger partial charge >= 0.3 is 18.2 Å². The Hall–Kier alpha value is -9.25. The SMILES string of the molecule is C#CC#CC#CC#CC#CC#CC#CC#CC#COC(=O)NCCCCCCNC(=O)N(CCCCCNOC(=O)C[CH2-])CC(=O)NCCCCCCNC(=O)OC[CH2-].[Rf].[Rf]. The molecule has 0 aromatic rings. The fraction of sp³-hybridized carbons (Fsp3) is 0.444. The number of ether oxygens (including phenoxy) is 2. The van der Waals surface area contributed by atoms with Crippen molar-refractivity contribution in [2.24, 2.45) is 0 Å². The summed E-state index contributed by atoms with van der Waals surface area (Å²) in [5.41, 5.74) is 2.59. The van der Waals surface area contributed by atoms with E-state index in [1.807, 2.05) is 0 Å². The molecule has 0 saturated carbocycles. The molecule has 0 atom stereocenters. The number of hydrogen-bond donors (Lipinski definition) is 5. The second-order valence-electron chi connectivity index (χ2n) is 11.5. The van der Waals surface area contributed by atoms with Crippen molar-refractivity contribution in [3.8, 4) is 107 Å². The Morgan fingerprint density at radius 3 is 1.48 bits per heavy atom. The fourth-order valence-electron chi connectivity index (χ4n) is 4.18. The van der Waals surface area contributed by atoms with Crippen LogP contribution in [-0.2, 0) is 23.9 Å². The van der Waals surface area contributed by atoms with Gasteiger partial charge in [-0.3, -0.25) is 9.59 Å². The zero-order chi connectivity index (χ0) is 43.3. The standard InChI is InChI=1S/C45H50N6O8.2Rf/c1-4-7-8-9-10-11-12-13-14-15-16-17-18-19-24-32-39-58-45(56)49-36-29-23-21-27-34-47-43(54)51(38-31-25-30-37-50-59-42(53)5-2)40-41(52)46-33-26-20-22-28-35-48-44(55)57-6-3;;/h1,50H,2-3,5-6,20-23,25-31,33-38,40H2,(H,46,52)(H,47,54)(H,48,55)(H,49,56);;/q-2;;. The minimum absolute atomic E-state index is 0. The van der Waals surface area contributed by atoms with Gasteiger partial charge in [0.25, 0.3) is 5.97 Å². The van der Waals surface area contributed by atoms with Crippen molar-refractivity contribution in [1.82, 2.24) is 31.6 Å². The Balaban J connectivity index is -0.0000168. The third-order valence-electron chi connectivity index (χ3n) is 6.94. The number of carbonyl (C=O) groups is 5. The van der Waals surface area contributed by atoms with E-state index < -0.39 is 18.2 Å². The van der Waals surface area contributed by atoms with Crippen LogP contribution < -0.4 is 26.7 Å². The zero-order valence-electron chi connectivity index (χ0n) is 34.8. The normalized spacial score (nSPS) is 8.21. The van der Waals surface area contributed by atoms with E-state index in [4.69, 9.17) is 20.7 Å². The molecule has 5 N–H and O–H groups in total. The predicted molar refractivity (Wildman–Crippen MR) is 223 cm³/mol. The Bertz CT molecular complexity index is 1910. The number of hydroxylamine groups is 1. The molecule has 16 heteroatoms. The number of rotatable bonds is 25. The van der Waals surface area contributed by atoms with Crippen LogP contribution in [0.2, 0.25) is 0 Å². The van der Waals surface area contributed by atoms with Crippen LogP contribution in [0.3, 0.4) is 0 Å². The van der Waals surface area contributed by atoms with Crippen LogP contribution in [0.25, 0.3) is 0 Å². The molecule has 61 heavy (non-hydrogen) atoms. The summed E-state index contributed by atoms with van der Waals surface area (Å²) in [5.74, 6) is 38.0. The van der Waals surface area contributed by atoms with E-state index in [1.54, 1.807) is 0 Å². The quantitative estimate of drug-likeness (QED) is 0.0303. The molecule has 0 heterocycles. The first-order valence-electron chi connectivity index (χ1n) is 18.9. The van der Waals surface area contributed by atoms with E-state index in [0.717, 1.165) is 44.9 Å². The van der Waals surface area contributed by atoms with Gasteiger partial charge in [0.2, 0.25) is 5.91 Å². The molecule has 314 valence electrons. The second kappa shape index (κ2) is 43.5. The van der Waals surface area contributed by atoms with Crippen LogP contribution in [0.1, 0.15) is 77.0 Å². The maximum atomic E-state index is 13.0. The van der Waals surface area contributed by atoms with Crippen molar-refractivity contribution >= 4 is 30.1 Å². The van der Waals surface area contributed by atoms with Gasteiger partial charge < -0.3 is 54.3 Å². The predicted octanol–water partition coefficient (Wildman–Crippen LogP) is 2.58. The van der Waals surface area contributed by atoms with E-state index in [1.165, 1.54) is 4.90 Å². The number of alkyl carbamates (subject to hydrolysis) is 2. The summed E-state index contributed by atoms with van der Waals surface area (Å²) in [6, 6.07) is -0.331. The average Bonchev–Trinajstić information content (AvgIpc) is 3.22. The summed E-state index contributed by atoms with van der Waals surface area (Å²) in [6.45, 7) is 9.53. The molecule has 14 nitrogen and oxygen atoms in total. The van der Waals surface area contributed by atoms with Gasteiger partial charge in [0.1, 0.15) is 12.7 Å². The zero-order valence-corrected chi connectivity index (χ0v) is 47.6. The summed E-state index contributed by atoms with van der Waals surface area (Å²) in [7, 11) is 0. The molecule has 0 fully saturated rings. The van der Waals surface area contributed by atoms with Crippen LogP contribution in [0, 0.1) is 121 Å². The van der Waals surface area contributed by atoms with Crippen molar-refractivity contribution in [2.75, 3.05) is 52.4 Å². The monoisotopic (exact) mass is 1340 g/mol. The van der Waals surface area contributed by atoms with E-state index in [2.05, 4.69) is 141 Å². The molecule has 5 amide bonds. The topological polar surface area (TPSA) is 176 Å². The Morgan fingerprint density at radius 1 is 0.525 bits per heavy atom. The second-order valence-corrected chi connectivity index (χ2v) is 11.5. The molecule has 0 saturated heterocycles. The third-order valence-corrected chi connectivity index (χ3v) is 6.94. The minimum atomic E-state index is -0.701. The molecular weight excluding hydrogens is 1290 g/mol. The van der Waals surface area contributed by atoms with Gasteiger partial charge in [-0.1, -0.05) is 38.5 Å². The number of hydrogen-bond acceptors (Lipinski definition) is 9. The number of carbonyl (C=O) groups excluding carboxylic acids is 5. The number of terminal acetylenes is 1. The Kier molecular flexibility index (Phi) is 40.0. The van der Waals surface area contributed by atoms with E-state index in [-0.39, 0.29) is 31.5 Å². The molecule has 0 aliphatic carbocycles. The molecule has 0 spiro atoms. The number of nitrogens with zero attached hydrogens (tertiary/aromatic N) is 1. The van der Waals surface area contributed by atoms with Crippen molar-refractivity contribution in [1.29, 1.82) is 0 Å².